The van der Waals surface area contributed by atoms with Crippen molar-refractivity contribution in [1.29, 1.82) is 0 Å². The van der Waals surface area contributed by atoms with Gasteiger partial charge in [0, 0.05) is 16.3 Å². The molecule has 1 atom stereocenters. The van der Waals surface area contributed by atoms with Crippen LogP contribution < -0.4 is 10.1 Å². The van der Waals surface area contributed by atoms with Crippen molar-refractivity contribution in [3.8, 4) is 5.75 Å². The summed E-state index contributed by atoms with van der Waals surface area (Å²) in [5, 5.41) is 4.85. The third-order valence-electron chi connectivity index (χ3n) is 3.72. The van der Waals surface area contributed by atoms with Crippen LogP contribution in [0.4, 0.5) is 0 Å². The van der Waals surface area contributed by atoms with Crippen molar-refractivity contribution >= 4 is 28.0 Å². The largest absolute Gasteiger partial charge is 0.497 e. The number of rotatable bonds is 8. The minimum atomic E-state index is -1.25. The van der Waals surface area contributed by atoms with Gasteiger partial charge in [-0.1, -0.05) is 6.07 Å². The van der Waals surface area contributed by atoms with Crippen LogP contribution in [-0.4, -0.2) is 23.8 Å². The molecule has 0 aliphatic rings. The summed E-state index contributed by atoms with van der Waals surface area (Å²) in [5.74, 6) is 1.42. The van der Waals surface area contributed by atoms with Crippen LogP contribution in [0.1, 0.15) is 21.2 Å². The Hall–Kier alpha value is -2.38. The first-order valence-corrected chi connectivity index (χ1v) is 10.3. The quantitative estimate of drug-likeness (QED) is 0.639. The normalized spacial score (nSPS) is 11.9. The molecule has 0 aliphatic carbocycles. The van der Waals surface area contributed by atoms with Gasteiger partial charge in [0.15, 0.2) is 5.76 Å². The van der Waals surface area contributed by atoms with Crippen molar-refractivity contribution in [1.82, 2.24) is 5.32 Å². The number of carbonyl (C=O) groups excluding carboxylic acids is 1. The Bertz CT molecular complexity index is 869. The Kier molecular flexibility index (Phi) is 6.25. The third-order valence-corrected chi connectivity index (χ3v) is 6.00. The summed E-state index contributed by atoms with van der Waals surface area (Å²) in [6.07, 6.45) is 0.790. The maximum absolute atomic E-state index is 12.4. The van der Waals surface area contributed by atoms with Crippen molar-refractivity contribution in [2.24, 2.45) is 0 Å². The first-order chi connectivity index (χ1) is 12.7. The van der Waals surface area contributed by atoms with Crippen LogP contribution in [0.3, 0.4) is 0 Å². The molecule has 2 aromatic heterocycles. The molecular weight excluding hydrogens is 370 g/mol. The lowest BCUT2D eigenvalue weighted by molar-refractivity contribution is 0.0925. The van der Waals surface area contributed by atoms with E-state index in [-0.39, 0.29) is 17.4 Å². The Morgan fingerprint density at radius 3 is 2.69 bits per heavy atom. The molecular formula is C19H19NO4S2. The van der Waals surface area contributed by atoms with Crippen LogP contribution in [0, 0.1) is 0 Å². The molecule has 0 aliphatic heterocycles. The Morgan fingerprint density at radius 1 is 1.19 bits per heavy atom. The van der Waals surface area contributed by atoms with E-state index < -0.39 is 10.8 Å². The molecule has 136 valence electrons. The molecule has 0 radical (unpaired) electrons. The number of methoxy groups -OCH3 is 1. The minimum absolute atomic E-state index is 0.217. The summed E-state index contributed by atoms with van der Waals surface area (Å²) < 4.78 is 23.0. The van der Waals surface area contributed by atoms with Crippen molar-refractivity contribution < 1.29 is 18.2 Å². The van der Waals surface area contributed by atoms with E-state index in [0.717, 1.165) is 6.42 Å². The number of ether oxygens (including phenoxy) is 1. The van der Waals surface area contributed by atoms with E-state index >= 15 is 0 Å². The van der Waals surface area contributed by atoms with Crippen LogP contribution >= 0.6 is 11.3 Å². The fourth-order valence-corrected chi connectivity index (χ4v) is 4.09. The summed E-state index contributed by atoms with van der Waals surface area (Å²) in [6, 6.07) is 14.4. The fourth-order valence-electron chi connectivity index (χ4n) is 2.36. The van der Waals surface area contributed by atoms with E-state index in [0.29, 0.717) is 22.9 Å². The van der Waals surface area contributed by atoms with Gasteiger partial charge in [-0.2, -0.15) is 0 Å². The first-order valence-electron chi connectivity index (χ1n) is 8.07. The van der Waals surface area contributed by atoms with Gasteiger partial charge in [0.2, 0.25) is 0 Å². The van der Waals surface area contributed by atoms with Gasteiger partial charge in [-0.3, -0.25) is 9.00 Å². The molecule has 1 N–H and O–H groups in total. The number of furan rings is 1. The summed E-state index contributed by atoms with van der Waals surface area (Å²) in [7, 11) is 0.335. The van der Waals surface area contributed by atoms with Gasteiger partial charge in [0.05, 0.1) is 23.7 Å². The smallest absolute Gasteiger partial charge is 0.287 e. The second-order valence-electron chi connectivity index (χ2n) is 5.52. The zero-order chi connectivity index (χ0) is 18.4. The maximum atomic E-state index is 12.4. The summed E-state index contributed by atoms with van der Waals surface area (Å²) >= 11 is 1.67. The monoisotopic (exact) mass is 389 g/mol. The van der Waals surface area contributed by atoms with E-state index in [1.807, 2.05) is 17.5 Å². The standard InChI is InChI=1S/C19H19NO4S2/c1-23-14-4-7-17(8-5-14)26(22)13-15-6-9-18(24-15)19(21)20-11-10-16-3-2-12-25-16/h2-9,12H,10-11,13H2,1H3,(H,20,21)/t26-/m0/s1. The zero-order valence-electron chi connectivity index (χ0n) is 14.3. The molecule has 1 aromatic carbocycles. The van der Waals surface area contributed by atoms with Crippen molar-refractivity contribution in [2.45, 2.75) is 17.1 Å². The number of hydrogen-bond acceptors (Lipinski definition) is 5. The second-order valence-corrected chi connectivity index (χ2v) is 8.00. The number of amides is 1. The van der Waals surface area contributed by atoms with E-state index in [1.54, 1.807) is 54.8 Å². The number of thiophene rings is 1. The molecule has 0 saturated heterocycles. The molecule has 3 rings (SSSR count). The van der Waals surface area contributed by atoms with Gasteiger partial charge in [0.25, 0.3) is 5.91 Å². The average molecular weight is 389 g/mol. The predicted molar refractivity (Wildman–Crippen MR) is 102 cm³/mol. The molecule has 7 heteroatoms. The molecule has 0 saturated carbocycles. The van der Waals surface area contributed by atoms with E-state index in [9.17, 15) is 9.00 Å². The highest BCUT2D eigenvalue weighted by Gasteiger charge is 2.13. The van der Waals surface area contributed by atoms with E-state index in [4.69, 9.17) is 9.15 Å². The minimum Gasteiger partial charge on any atom is -0.497 e. The Balaban J connectivity index is 1.53. The van der Waals surface area contributed by atoms with Crippen molar-refractivity contribution in [3.05, 3.63) is 70.3 Å². The van der Waals surface area contributed by atoms with Crippen molar-refractivity contribution in [3.63, 3.8) is 0 Å². The maximum Gasteiger partial charge on any atom is 0.287 e. The zero-order valence-corrected chi connectivity index (χ0v) is 15.9. The lowest BCUT2D eigenvalue weighted by atomic mass is 10.3. The topological polar surface area (TPSA) is 68.5 Å². The van der Waals surface area contributed by atoms with Gasteiger partial charge in [-0.05, 0) is 54.3 Å². The third kappa shape index (κ3) is 4.83. The molecule has 1 amide bonds. The summed E-state index contributed by atoms with van der Waals surface area (Å²) in [4.78, 5) is 14.0. The highest BCUT2D eigenvalue weighted by molar-refractivity contribution is 7.84. The average Bonchev–Trinajstić information content (AvgIpc) is 3.34. The Morgan fingerprint density at radius 2 is 2.00 bits per heavy atom. The lowest BCUT2D eigenvalue weighted by Gasteiger charge is -2.03. The Labute approximate surface area is 158 Å². The summed E-state index contributed by atoms with van der Waals surface area (Å²) in [5.41, 5.74) is 0. The predicted octanol–water partition coefficient (Wildman–Crippen LogP) is 3.63. The molecule has 0 spiro atoms. The van der Waals surface area contributed by atoms with Crippen LogP contribution in [0.25, 0.3) is 0 Å². The van der Waals surface area contributed by atoms with Gasteiger partial charge in [-0.15, -0.1) is 11.3 Å². The van der Waals surface area contributed by atoms with Crippen LogP contribution in [0.5, 0.6) is 5.75 Å². The molecule has 0 fully saturated rings. The molecule has 0 unspecified atom stereocenters. The SMILES string of the molecule is COc1ccc([S@@](=O)Cc2ccc(C(=O)NCCc3cccs3)o2)cc1. The first kappa shape index (κ1) is 18.4. The highest BCUT2D eigenvalue weighted by atomic mass is 32.2. The van der Waals surface area contributed by atoms with Gasteiger partial charge >= 0.3 is 0 Å². The number of nitrogens with one attached hydrogen (secondary N) is 1. The summed E-state index contributed by atoms with van der Waals surface area (Å²) in [6.45, 7) is 0.549. The number of carbonyl (C=O) groups is 1. The van der Waals surface area contributed by atoms with Crippen molar-refractivity contribution in [2.75, 3.05) is 13.7 Å². The van der Waals surface area contributed by atoms with Crippen LogP contribution in [0.15, 0.2) is 63.2 Å². The van der Waals surface area contributed by atoms with Crippen LogP contribution in [-0.2, 0) is 23.0 Å². The van der Waals surface area contributed by atoms with Gasteiger partial charge in [0.1, 0.15) is 11.5 Å². The van der Waals surface area contributed by atoms with E-state index in [2.05, 4.69) is 5.32 Å². The molecule has 2 heterocycles. The number of benzene rings is 1. The second kappa shape index (κ2) is 8.82. The molecule has 3 aromatic rings. The molecule has 26 heavy (non-hydrogen) atoms. The van der Waals surface area contributed by atoms with Gasteiger partial charge < -0.3 is 14.5 Å². The molecule has 5 nitrogen and oxygen atoms in total. The highest BCUT2D eigenvalue weighted by Crippen LogP contribution is 2.18. The van der Waals surface area contributed by atoms with Gasteiger partial charge in [-0.25, -0.2) is 0 Å². The van der Waals surface area contributed by atoms with E-state index in [1.165, 1.54) is 4.88 Å². The number of hydrogen-bond donors (Lipinski definition) is 1. The fraction of sp³-hybridized carbons (Fsp3) is 0.211. The lowest BCUT2D eigenvalue weighted by Crippen LogP contribution is -2.25. The van der Waals surface area contributed by atoms with Crippen LogP contribution in [0.2, 0.25) is 0 Å². The molecule has 0 bridgehead atoms.